The maximum atomic E-state index is 11.8. The van der Waals surface area contributed by atoms with Crippen LogP contribution in [0.4, 0.5) is 3.89 Å². The van der Waals surface area contributed by atoms with Crippen LogP contribution in [0.1, 0.15) is 5.69 Å². The van der Waals surface area contributed by atoms with Gasteiger partial charge in [-0.2, -0.15) is 3.89 Å². The number of pyridine rings is 1. The Hall–Kier alpha value is -0.570. The molecule has 48 valence electrons. The minimum absolute atomic E-state index is 0.172. The summed E-state index contributed by atoms with van der Waals surface area (Å²) in [6.45, 7) is 1.83. The van der Waals surface area contributed by atoms with Gasteiger partial charge in [0, 0.05) is 5.69 Å². The summed E-state index contributed by atoms with van der Waals surface area (Å²) in [5, 5.41) is 0.426. The van der Waals surface area contributed by atoms with Crippen molar-refractivity contribution in [2.45, 2.75) is 11.9 Å². The van der Waals surface area contributed by atoms with Crippen LogP contribution in [0.3, 0.4) is 0 Å². The van der Waals surface area contributed by atoms with Crippen molar-refractivity contribution in [3.8, 4) is 0 Å². The first-order valence-electron chi connectivity index (χ1n) is 2.55. The molecule has 0 aromatic carbocycles. The first-order chi connectivity index (χ1) is 4.33. The van der Waals surface area contributed by atoms with Crippen molar-refractivity contribution in [2.24, 2.45) is 0 Å². The van der Waals surface area contributed by atoms with Crippen molar-refractivity contribution in [3.05, 3.63) is 23.9 Å². The molecular formula is C6H6FNS. The maximum Gasteiger partial charge on any atom is 0.129 e. The summed E-state index contributed by atoms with van der Waals surface area (Å²) in [5.74, 6) is 0. The highest BCUT2D eigenvalue weighted by Gasteiger charge is 1.91. The van der Waals surface area contributed by atoms with Gasteiger partial charge in [0.15, 0.2) is 0 Å². The molecule has 0 unspecified atom stereocenters. The lowest BCUT2D eigenvalue weighted by molar-refractivity contribution is 0.914. The zero-order valence-corrected chi connectivity index (χ0v) is 5.78. The van der Waals surface area contributed by atoms with Gasteiger partial charge in [-0.1, -0.05) is 6.07 Å². The van der Waals surface area contributed by atoms with Crippen molar-refractivity contribution >= 4 is 12.1 Å². The second kappa shape index (κ2) is 2.82. The molecule has 0 spiro atoms. The smallest absolute Gasteiger partial charge is 0.129 e. The summed E-state index contributed by atoms with van der Waals surface area (Å²) in [4.78, 5) is 3.88. The zero-order chi connectivity index (χ0) is 6.69. The summed E-state index contributed by atoms with van der Waals surface area (Å²) in [5.41, 5.74) is 0.845. The minimum atomic E-state index is 0.172. The van der Waals surface area contributed by atoms with Crippen molar-refractivity contribution < 1.29 is 3.89 Å². The lowest BCUT2D eigenvalue weighted by Crippen LogP contribution is -1.79. The van der Waals surface area contributed by atoms with Crippen molar-refractivity contribution in [2.75, 3.05) is 0 Å². The van der Waals surface area contributed by atoms with Gasteiger partial charge in [0.05, 0.1) is 0 Å². The molecule has 1 heterocycles. The number of aryl methyl sites for hydroxylation is 1. The van der Waals surface area contributed by atoms with Crippen LogP contribution >= 0.6 is 12.1 Å². The van der Waals surface area contributed by atoms with Crippen LogP contribution in [0.25, 0.3) is 0 Å². The van der Waals surface area contributed by atoms with E-state index in [9.17, 15) is 3.89 Å². The molecule has 0 saturated carbocycles. The molecular weight excluding hydrogens is 137 g/mol. The van der Waals surface area contributed by atoms with Crippen LogP contribution in [0.5, 0.6) is 0 Å². The molecule has 9 heavy (non-hydrogen) atoms. The number of hydrogen-bond acceptors (Lipinski definition) is 2. The first kappa shape index (κ1) is 6.55. The molecule has 1 rings (SSSR count). The number of rotatable bonds is 1. The van der Waals surface area contributed by atoms with E-state index in [0.29, 0.717) is 5.03 Å². The fraction of sp³-hybridized carbons (Fsp3) is 0.167. The average molecular weight is 143 g/mol. The third-order valence-corrected chi connectivity index (χ3v) is 1.33. The van der Waals surface area contributed by atoms with Crippen LogP contribution in [-0.2, 0) is 0 Å². The van der Waals surface area contributed by atoms with E-state index in [4.69, 9.17) is 0 Å². The normalized spacial score (nSPS) is 9.56. The Bertz CT molecular complexity index is 202. The average Bonchev–Trinajstić information content (AvgIpc) is 1.88. The summed E-state index contributed by atoms with van der Waals surface area (Å²) >= 11 is 0.172. The molecule has 0 radical (unpaired) electrons. The molecule has 0 saturated heterocycles. The second-order valence-electron chi connectivity index (χ2n) is 1.69. The van der Waals surface area contributed by atoms with Crippen molar-refractivity contribution in [1.82, 2.24) is 4.98 Å². The summed E-state index contributed by atoms with van der Waals surface area (Å²) in [6, 6.07) is 5.25. The molecule has 0 bridgehead atoms. The summed E-state index contributed by atoms with van der Waals surface area (Å²) in [7, 11) is 0. The van der Waals surface area contributed by atoms with E-state index in [1.807, 2.05) is 13.0 Å². The van der Waals surface area contributed by atoms with Gasteiger partial charge in [0.1, 0.15) is 17.2 Å². The van der Waals surface area contributed by atoms with E-state index < -0.39 is 0 Å². The van der Waals surface area contributed by atoms with E-state index in [0.717, 1.165) is 5.69 Å². The molecule has 1 aromatic heterocycles. The molecule has 0 aliphatic rings. The van der Waals surface area contributed by atoms with Gasteiger partial charge < -0.3 is 0 Å². The molecule has 0 atom stereocenters. The molecule has 0 N–H and O–H groups in total. The second-order valence-corrected chi connectivity index (χ2v) is 2.27. The maximum absolute atomic E-state index is 11.8. The van der Waals surface area contributed by atoms with Gasteiger partial charge in [0.2, 0.25) is 0 Å². The molecule has 0 aliphatic heterocycles. The van der Waals surface area contributed by atoms with E-state index in [1.54, 1.807) is 12.1 Å². The van der Waals surface area contributed by atoms with E-state index >= 15 is 0 Å². The Balaban J connectivity index is 2.94. The monoisotopic (exact) mass is 143 g/mol. The molecule has 3 heteroatoms. The third-order valence-electron chi connectivity index (χ3n) is 0.942. The van der Waals surface area contributed by atoms with Gasteiger partial charge in [-0.15, -0.1) is 0 Å². The largest absolute Gasteiger partial charge is 0.244 e. The number of nitrogens with zero attached hydrogens (tertiary/aromatic N) is 1. The van der Waals surface area contributed by atoms with Gasteiger partial charge in [-0.3, -0.25) is 0 Å². The summed E-state index contributed by atoms with van der Waals surface area (Å²) < 4.78 is 11.8. The minimum Gasteiger partial charge on any atom is -0.244 e. The van der Waals surface area contributed by atoms with Gasteiger partial charge in [0.25, 0.3) is 0 Å². The SMILES string of the molecule is Cc1cccc(SF)n1. The van der Waals surface area contributed by atoms with Crippen LogP contribution in [0.15, 0.2) is 23.2 Å². The van der Waals surface area contributed by atoms with Crippen LogP contribution in [-0.4, -0.2) is 4.98 Å². The van der Waals surface area contributed by atoms with Crippen LogP contribution in [0, 0.1) is 6.92 Å². The van der Waals surface area contributed by atoms with Crippen LogP contribution < -0.4 is 0 Å². The molecule has 0 amide bonds. The van der Waals surface area contributed by atoms with Gasteiger partial charge in [-0.05, 0) is 19.1 Å². The first-order valence-corrected chi connectivity index (χ1v) is 3.27. The highest BCUT2D eigenvalue weighted by atomic mass is 32.2. The van der Waals surface area contributed by atoms with Crippen molar-refractivity contribution in [3.63, 3.8) is 0 Å². The fourth-order valence-corrected chi connectivity index (χ4v) is 0.870. The molecule has 0 fully saturated rings. The molecule has 0 aliphatic carbocycles. The van der Waals surface area contributed by atoms with Gasteiger partial charge in [-0.25, -0.2) is 4.98 Å². The Labute approximate surface area is 57.6 Å². The Morgan fingerprint density at radius 1 is 1.56 bits per heavy atom. The summed E-state index contributed by atoms with van der Waals surface area (Å²) in [6.07, 6.45) is 0. The van der Waals surface area contributed by atoms with Crippen LogP contribution in [0.2, 0.25) is 0 Å². The predicted molar refractivity (Wildman–Crippen MR) is 35.9 cm³/mol. The highest BCUT2D eigenvalue weighted by molar-refractivity contribution is 7.94. The third kappa shape index (κ3) is 1.68. The highest BCUT2D eigenvalue weighted by Crippen LogP contribution is 2.14. The molecule has 1 aromatic rings. The Morgan fingerprint density at radius 2 is 2.33 bits per heavy atom. The molecule has 1 nitrogen and oxygen atoms in total. The van der Waals surface area contributed by atoms with Gasteiger partial charge >= 0.3 is 0 Å². The van der Waals surface area contributed by atoms with E-state index in [1.165, 1.54) is 0 Å². The Kier molecular flexibility index (Phi) is 2.05. The quantitative estimate of drug-likeness (QED) is 0.598. The predicted octanol–water partition coefficient (Wildman–Crippen LogP) is 2.37. The number of hydrogen-bond donors (Lipinski definition) is 0. The lowest BCUT2D eigenvalue weighted by atomic mass is 10.4. The number of halogens is 1. The van der Waals surface area contributed by atoms with E-state index in [-0.39, 0.29) is 12.1 Å². The Morgan fingerprint density at radius 3 is 2.78 bits per heavy atom. The number of aromatic nitrogens is 1. The fourth-order valence-electron chi connectivity index (χ4n) is 0.561. The topological polar surface area (TPSA) is 12.9 Å². The van der Waals surface area contributed by atoms with E-state index in [2.05, 4.69) is 4.98 Å². The standard InChI is InChI=1S/C6H6FNS/c1-5-3-2-4-6(8-5)9-7/h2-4H,1H3. The van der Waals surface area contributed by atoms with Crippen molar-refractivity contribution in [1.29, 1.82) is 0 Å². The zero-order valence-electron chi connectivity index (χ0n) is 4.97. The lowest BCUT2D eigenvalue weighted by Gasteiger charge is -1.91.